The molecule has 0 aromatic carbocycles. The average Bonchev–Trinajstić information content (AvgIpc) is 2.46. The van der Waals surface area contributed by atoms with Gasteiger partial charge in [-0.05, 0) is 6.92 Å². The molecule has 0 radical (unpaired) electrons. The van der Waals surface area contributed by atoms with Gasteiger partial charge < -0.3 is 11.1 Å². The Bertz CT molecular complexity index is 450. The number of carbonyl (C=O) groups excluding carboxylic acids is 3. The lowest BCUT2D eigenvalue weighted by molar-refractivity contribution is -0.124. The van der Waals surface area contributed by atoms with Gasteiger partial charge in [-0.25, -0.2) is 0 Å². The molecule has 7 heteroatoms. The van der Waals surface area contributed by atoms with Crippen molar-refractivity contribution in [3.8, 4) is 0 Å². The van der Waals surface area contributed by atoms with Crippen LogP contribution < -0.4 is 11.1 Å². The van der Waals surface area contributed by atoms with Crippen molar-refractivity contribution in [2.75, 3.05) is 5.32 Å². The molecule has 1 rings (SSSR count). The van der Waals surface area contributed by atoms with Gasteiger partial charge in [0.05, 0.1) is 12.6 Å². The van der Waals surface area contributed by atoms with Gasteiger partial charge >= 0.3 is 0 Å². The number of amides is 2. The molecule has 0 aliphatic heterocycles. The highest BCUT2D eigenvalue weighted by Gasteiger charge is 2.16. The van der Waals surface area contributed by atoms with E-state index in [0.717, 1.165) is 0 Å². The molecule has 7 nitrogen and oxygen atoms in total. The molecule has 0 saturated carbocycles. The first kappa shape index (κ1) is 11.9. The summed E-state index contributed by atoms with van der Waals surface area (Å²) < 4.78 is 1.30. The number of carbonyl (C=O) groups is 3. The third kappa shape index (κ3) is 2.66. The largest absolute Gasteiger partial charge is 0.365 e. The first-order valence-corrected chi connectivity index (χ1v) is 4.53. The summed E-state index contributed by atoms with van der Waals surface area (Å²) in [6.07, 6.45) is 1.01. The summed E-state index contributed by atoms with van der Waals surface area (Å²) in [7, 11) is 1.55. The van der Waals surface area contributed by atoms with Crippen molar-refractivity contribution < 1.29 is 14.4 Å². The lowest BCUT2D eigenvalue weighted by atomic mass is 10.2. The molecule has 0 aliphatic carbocycles. The standard InChI is InChI=1S/C9H12N4O3/c1-5(14)3-7(15)12-9-6(8(10)16)4-11-13(9)2/h4H,3H2,1-2H3,(H2,10,16)(H,12,15). The quantitative estimate of drug-likeness (QED) is 0.668. The maximum Gasteiger partial charge on any atom is 0.254 e. The topological polar surface area (TPSA) is 107 Å². The van der Waals surface area contributed by atoms with Crippen molar-refractivity contribution in [2.24, 2.45) is 12.8 Å². The van der Waals surface area contributed by atoms with Crippen molar-refractivity contribution >= 4 is 23.4 Å². The Morgan fingerprint density at radius 1 is 1.50 bits per heavy atom. The molecule has 0 spiro atoms. The van der Waals surface area contributed by atoms with Crippen LogP contribution in [0.5, 0.6) is 0 Å². The molecule has 2 amide bonds. The van der Waals surface area contributed by atoms with Gasteiger partial charge in [0.15, 0.2) is 0 Å². The summed E-state index contributed by atoms with van der Waals surface area (Å²) in [5, 5.41) is 6.20. The number of anilines is 1. The highest BCUT2D eigenvalue weighted by Crippen LogP contribution is 2.13. The van der Waals surface area contributed by atoms with Gasteiger partial charge in [-0.2, -0.15) is 5.10 Å². The van der Waals surface area contributed by atoms with Crippen LogP contribution in [0.4, 0.5) is 5.82 Å². The molecule has 0 saturated heterocycles. The van der Waals surface area contributed by atoms with Crippen molar-refractivity contribution in [1.82, 2.24) is 9.78 Å². The lowest BCUT2D eigenvalue weighted by Crippen LogP contribution is -2.20. The van der Waals surface area contributed by atoms with E-state index in [2.05, 4.69) is 10.4 Å². The molecule has 1 heterocycles. The Balaban J connectivity index is 2.88. The van der Waals surface area contributed by atoms with Crippen molar-refractivity contribution in [3.63, 3.8) is 0 Å². The molecule has 0 aliphatic rings. The zero-order chi connectivity index (χ0) is 12.3. The van der Waals surface area contributed by atoms with Crippen molar-refractivity contribution in [2.45, 2.75) is 13.3 Å². The Labute approximate surface area is 91.6 Å². The second-order valence-corrected chi connectivity index (χ2v) is 3.32. The van der Waals surface area contributed by atoms with E-state index >= 15 is 0 Å². The smallest absolute Gasteiger partial charge is 0.254 e. The fourth-order valence-corrected chi connectivity index (χ4v) is 1.17. The summed E-state index contributed by atoms with van der Waals surface area (Å²) in [4.78, 5) is 33.0. The highest BCUT2D eigenvalue weighted by atomic mass is 16.2. The van der Waals surface area contributed by atoms with Gasteiger partial charge in [-0.1, -0.05) is 0 Å². The first-order valence-electron chi connectivity index (χ1n) is 4.53. The van der Waals surface area contributed by atoms with E-state index < -0.39 is 11.8 Å². The maximum absolute atomic E-state index is 11.3. The molecule has 1 aromatic heterocycles. The van der Waals surface area contributed by atoms with Crippen LogP contribution in [0.2, 0.25) is 0 Å². The zero-order valence-electron chi connectivity index (χ0n) is 8.98. The van der Waals surface area contributed by atoms with E-state index in [1.807, 2.05) is 0 Å². The Hall–Kier alpha value is -2.18. The van der Waals surface area contributed by atoms with Gasteiger partial charge in [0.2, 0.25) is 5.91 Å². The lowest BCUT2D eigenvalue weighted by Gasteiger charge is -2.05. The minimum atomic E-state index is -0.689. The SMILES string of the molecule is CC(=O)CC(=O)Nc1c(C(N)=O)cnn1C. The fourth-order valence-electron chi connectivity index (χ4n) is 1.17. The molecular weight excluding hydrogens is 212 g/mol. The van der Waals surface area contributed by atoms with Crippen LogP contribution in [0.3, 0.4) is 0 Å². The van der Waals surface area contributed by atoms with E-state index in [4.69, 9.17) is 5.73 Å². The third-order valence-corrected chi connectivity index (χ3v) is 1.87. The van der Waals surface area contributed by atoms with Gasteiger partial charge in [0, 0.05) is 7.05 Å². The second-order valence-electron chi connectivity index (χ2n) is 3.32. The Morgan fingerprint density at radius 3 is 2.62 bits per heavy atom. The molecule has 0 fully saturated rings. The van der Waals surface area contributed by atoms with E-state index in [9.17, 15) is 14.4 Å². The number of nitrogens with two attached hydrogens (primary N) is 1. The van der Waals surface area contributed by atoms with Gasteiger partial charge in [-0.3, -0.25) is 19.1 Å². The van der Waals surface area contributed by atoms with Crippen molar-refractivity contribution in [1.29, 1.82) is 0 Å². The molecule has 0 unspecified atom stereocenters. The second kappa shape index (κ2) is 4.56. The van der Waals surface area contributed by atoms with Crippen LogP contribution in [-0.2, 0) is 16.6 Å². The number of ketones is 1. The maximum atomic E-state index is 11.3. The molecule has 16 heavy (non-hydrogen) atoms. The summed E-state index contributed by atoms with van der Waals surface area (Å²) in [5.41, 5.74) is 5.20. The zero-order valence-corrected chi connectivity index (χ0v) is 8.98. The van der Waals surface area contributed by atoms with E-state index in [-0.39, 0.29) is 23.6 Å². The molecule has 0 bridgehead atoms. The predicted molar refractivity (Wildman–Crippen MR) is 55.7 cm³/mol. The molecule has 86 valence electrons. The van der Waals surface area contributed by atoms with Crippen LogP contribution in [0, 0.1) is 0 Å². The van der Waals surface area contributed by atoms with Gasteiger partial charge in [-0.15, -0.1) is 0 Å². The molecular formula is C9H12N4O3. The normalized spacial score (nSPS) is 9.88. The number of aromatic nitrogens is 2. The van der Waals surface area contributed by atoms with Gasteiger partial charge in [0.1, 0.15) is 17.2 Å². The minimum Gasteiger partial charge on any atom is -0.365 e. The molecule has 3 N–H and O–H groups in total. The van der Waals surface area contributed by atoms with E-state index in [0.29, 0.717) is 0 Å². The summed E-state index contributed by atoms with van der Waals surface area (Å²) in [6, 6.07) is 0. The number of Topliss-reactive ketones (excluding diaryl/α,β-unsaturated/α-hetero) is 1. The number of hydrogen-bond donors (Lipinski definition) is 2. The number of nitrogens with one attached hydrogen (secondary N) is 1. The van der Waals surface area contributed by atoms with Crippen LogP contribution in [0.15, 0.2) is 6.20 Å². The first-order chi connectivity index (χ1) is 7.41. The average molecular weight is 224 g/mol. The van der Waals surface area contributed by atoms with Crippen LogP contribution >= 0.6 is 0 Å². The van der Waals surface area contributed by atoms with E-state index in [1.165, 1.54) is 17.8 Å². The number of primary amides is 1. The number of hydrogen-bond acceptors (Lipinski definition) is 4. The number of rotatable bonds is 4. The Morgan fingerprint density at radius 2 is 2.12 bits per heavy atom. The number of aryl methyl sites for hydroxylation is 1. The third-order valence-electron chi connectivity index (χ3n) is 1.87. The number of nitrogens with zero attached hydrogens (tertiary/aromatic N) is 2. The van der Waals surface area contributed by atoms with E-state index in [1.54, 1.807) is 7.05 Å². The minimum absolute atomic E-state index is 0.111. The van der Waals surface area contributed by atoms with Gasteiger partial charge in [0.25, 0.3) is 5.91 Å². The van der Waals surface area contributed by atoms with Crippen molar-refractivity contribution in [3.05, 3.63) is 11.8 Å². The fraction of sp³-hybridized carbons (Fsp3) is 0.333. The van der Waals surface area contributed by atoms with Crippen LogP contribution in [-0.4, -0.2) is 27.4 Å². The molecule has 0 atom stereocenters. The molecule has 1 aromatic rings. The monoisotopic (exact) mass is 224 g/mol. The Kier molecular flexibility index (Phi) is 3.39. The van der Waals surface area contributed by atoms with Crippen LogP contribution in [0.25, 0.3) is 0 Å². The predicted octanol–water partition coefficient (Wildman–Crippen LogP) is -0.563. The summed E-state index contributed by atoms with van der Waals surface area (Å²) in [6.45, 7) is 1.30. The highest BCUT2D eigenvalue weighted by molar-refractivity contribution is 6.06. The van der Waals surface area contributed by atoms with Crippen LogP contribution in [0.1, 0.15) is 23.7 Å². The summed E-state index contributed by atoms with van der Waals surface area (Å²) >= 11 is 0. The summed E-state index contributed by atoms with van der Waals surface area (Å²) in [5.74, 6) is -1.26.